The number of nitrogens with one attached hydrogen (secondary N) is 3. The van der Waals surface area contributed by atoms with Crippen LogP contribution in [0.4, 0.5) is 34.5 Å². The van der Waals surface area contributed by atoms with Gasteiger partial charge in [-0.1, -0.05) is 30.3 Å². The summed E-state index contributed by atoms with van der Waals surface area (Å²) < 4.78 is 18.5. The number of hydrogen-bond acceptors (Lipinski definition) is 9. The van der Waals surface area contributed by atoms with Gasteiger partial charge in [0.15, 0.2) is 5.82 Å². The summed E-state index contributed by atoms with van der Waals surface area (Å²) in [7, 11) is 5.03. The summed E-state index contributed by atoms with van der Waals surface area (Å²) in [5.74, 6) is 0.780. The van der Waals surface area contributed by atoms with E-state index in [2.05, 4.69) is 42.3 Å². The minimum absolute atomic E-state index is 0.243. The van der Waals surface area contributed by atoms with Crippen molar-refractivity contribution in [2.45, 2.75) is 6.42 Å². The van der Waals surface area contributed by atoms with E-state index in [0.29, 0.717) is 39.0 Å². The Morgan fingerprint density at radius 3 is 2.48 bits per heavy atom. The maximum absolute atomic E-state index is 12.8. The van der Waals surface area contributed by atoms with Crippen molar-refractivity contribution in [3.63, 3.8) is 0 Å². The van der Waals surface area contributed by atoms with Crippen LogP contribution in [0.5, 0.6) is 5.75 Å². The van der Waals surface area contributed by atoms with E-state index in [4.69, 9.17) is 16.3 Å². The van der Waals surface area contributed by atoms with Crippen LogP contribution in [-0.4, -0.2) is 75.4 Å². The lowest BCUT2D eigenvalue weighted by Crippen LogP contribution is -2.24. The Bertz CT molecular complexity index is 1410. The quantitative estimate of drug-likeness (QED) is 0.180. The number of para-hydroxylation sites is 1. The molecule has 10 nitrogen and oxygen atoms in total. The average Bonchev–Trinajstić information content (AvgIpc) is 2.90. The van der Waals surface area contributed by atoms with Gasteiger partial charge in [0, 0.05) is 25.0 Å². The standard InChI is InChI=1S/C28H37ClN7O3P/c1-8-26(37)31-21-16-22(24(39-5)17-23(21)36(4)15-11-14-35(2)3)33-28-30-18-19(29)27(34-28)32-20-12-9-10-13-25(20)40(6,7)38/h8-10,12-13,16-18H,1,11,14-15H2,2-7H3,(H,31,37)(H2,30,32,33,34). The van der Waals surface area contributed by atoms with Gasteiger partial charge in [-0.2, -0.15) is 4.98 Å². The van der Waals surface area contributed by atoms with Crippen LogP contribution in [0.25, 0.3) is 0 Å². The van der Waals surface area contributed by atoms with E-state index in [1.54, 1.807) is 26.5 Å². The highest BCUT2D eigenvalue weighted by Crippen LogP contribution is 2.40. The van der Waals surface area contributed by atoms with Crippen molar-refractivity contribution in [2.75, 3.05) is 75.5 Å². The molecule has 0 spiro atoms. The van der Waals surface area contributed by atoms with Crippen molar-refractivity contribution >= 4 is 64.5 Å². The number of ether oxygens (including phenoxy) is 1. The first kappa shape index (κ1) is 30.9. The number of benzene rings is 2. The normalized spacial score (nSPS) is 11.2. The molecule has 0 saturated heterocycles. The van der Waals surface area contributed by atoms with E-state index < -0.39 is 7.14 Å². The fraction of sp³-hybridized carbons (Fsp3) is 0.321. The van der Waals surface area contributed by atoms with Gasteiger partial charge in [-0.05, 0) is 64.7 Å². The van der Waals surface area contributed by atoms with Crippen LogP contribution >= 0.6 is 18.7 Å². The zero-order chi connectivity index (χ0) is 29.4. The van der Waals surface area contributed by atoms with Gasteiger partial charge < -0.3 is 35.1 Å². The topological polar surface area (TPSA) is 112 Å². The van der Waals surface area contributed by atoms with Gasteiger partial charge in [0.25, 0.3) is 0 Å². The Kier molecular flexibility index (Phi) is 10.6. The first-order chi connectivity index (χ1) is 18.9. The van der Waals surface area contributed by atoms with Gasteiger partial charge in [0.05, 0.1) is 36.1 Å². The number of nitrogens with zero attached hydrogens (tertiary/aromatic N) is 4. The van der Waals surface area contributed by atoms with E-state index in [0.717, 1.165) is 25.2 Å². The minimum atomic E-state index is -2.56. The molecule has 1 aromatic heterocycles. The number of halogens is 1. The Morgan fingerprint density at radius 2 is 1.82 bits per heavy atom. The molecule has 0 aliphatic rings. The van der Waals surface area contributed by atoms with E-state index in [1.807, 2.05) is 51.5 Å². The molecule has 12 heteroatoms. The first-order valence-corrected chi connectivity index (χ1v) is 15.6. The predicted molar refractivity (Wildman–Crippen MR) is 167 cm³/mol. The summed E-state index contributed by atoms with van der Waals surface area (Å²) in [6.07, 6.45) is 3.62. The molecule has 3 N–H and O–H groups in total. The van der Waals surface area contributed by atoms with Crippen LogP contribution in [0.15, 0.2) is 55.3 Å². The average molecular weight is 586 g/mol. The molecule has 0 aliphatic carbocycles. The summed E-state index contributed by atoms with van der Waals surface area (Å²) in [5, 5.41) is 10.2. The minimum Gasteiger partial charge on any atom is -0.494 e. The van der Waals surface area contributed by atoms with Gasteiger partial charge in [-0.15, -0.1) is 0 Å². The van der Waals surface area contributed by atoms with Gasteiger partial charge in [-0.25, -0.2) is 4.98 Å². The highest BCUT2D eigenvalue weighted by Gasteiger charge is 2.19. The lowest BCUT2D eigenvalue weighted by molar-refractivity contribution is -0.111. The predicted octanol–water partition coefficient (Wildman–Crippen LogP) is 5.39. The highest BCUT2D eigenvalue weighted by molar-refractivity contribution is 7.70. The number of amides is 1. The van der Waals surface area contributed by atoms with Crippen molar-refractivity contribution in [3.05, 3.63) is 60.3 Å². The number of carbonyl (C=O) groups excluding carboxylic acids is 1. The van der Waals surface area contributed by atoms with E-state index in [1.165, 1.54) is 12.3 Å². The lowest BCUT2D eigenvalue weighted by atomic mass is 10.2. The molecule has 0 atom stereocenters. The molecular formula is C28H37ClN7O3P. The third-order valence-corrected chi connectivity index (χ3v) is 7.83. The molecule has 3 rings (SSSR count). The summed E-state index contributed by atoms with van der Waals surface area (Å²) in [4.78, 5) is 25.3. The summed E-state index contributed by atoms with van der Waals surface area (Å²) >= 11 is 6.42. The molecule has 0 bridgehead atoms. The van der Waals surface area contributed by atoms with E-state index in [-0.39, 0.29) is 11.9 Å². The Balaban J connectivity index is 1.96. The first-order valence-electron chi connectivity index (χ1n) is 12.7. The third kappa shape index (κ3) is 8.21. The molecule has 3 aromatic rings. The van der Waals surface area contributed by atoms with Crippen LogP contribution in [-0.2, 0) is 9.36 Å². The maximum atomic E-state index is 12.8. The van der Waals surface area contributed by atoms with Crippen LogP contribution in [0.2, 0.25) is 5.02 Å². The zero-order valence-corrected chi connectivity index (χ0v) is 25.4. The maximum Gasteiger partial charge on any atom is 0.247 e. The van der Waals surface area contributed by atoms with Gasteiger partial charge in [-0.3, -0.25) is 4.79 Å². The van der Waals surface area contributed by atoms with E-state index in [9.17, 15) is 9.36 Å². The SMILES string of the molecule is C=CC(=O)Nc1cc(Nc2ncc(Cl)c(Nc3ccccc3P(C)(C)=O)n2)c(OC)cc1N(C)CCCN(C)C. The molecule has 1 amide bonds. The molecule has 0 fully saturated rings. The highest BCUT2D eigenvalue weighted by atomic mass is 35.5. The summed E-state index contributed by atoms with van der Waals surface area (Å²) in [6.45, 7) is 8.68. The molecule has 0 radical (unpaired) electrons. The van der Waals surface area contributed by atoms with E-state index >= 15 is 0 Å². The monoisotopic (exact) mass is 585 g/mol. The van der Waals surface area contributed by atoms with Crippen molar-refractivity contribution in [2.24, 2.45) is 0 Å². The van der Waals surface area contributed by atoms with Crippen molar-refractivity contribution in [1.82, 2.24) is 14.9 Å². The summed E-state index contributed by atoms with van der Waals surface area (Å²) in [5.41, 5.74) is 2.54. The van der Waals surface area contributed by atoms with Crippen molar-refractivity contribution in [1.29, 1.82) is 0 Å². The second kappa shape index (κ2) is 13.7. The lowest BCUT2D eigenvalue weighted by Gasteiger charge is -2.25. The van der Waals surface area contributed by atoms with Crippen LogP contribution in [0.3, 0.4) is 0 Å². The van der Waals surface area contributed by atoms with Crippen LogP contribution in [0, 0.1) is 0 Å². The number of aromatic nitrogens is 2. The van der Waals surface area contributed by atoms with Gasteiger partial charge >= 0.3 is 0 Å². The molecule has 2 aromatic carbocycles. The molecular weight excluding hydrogens is 549 g/mol. The molecule has 0 unspecified atom stereocenters. The van der Waals surface area contributed by atoms with Gasteiger partial charge in [0.1, 0.15) is 17.9 Å². The fourth-order valence-electron chi connectivity index (χ4n) is 3.99. The number of carbonyl (C=O) groups is 1. The second-order valence-corrected chi connectivity index (χ2v) is 13.4. The Hall–Kier alpha value is -3.59. The Morgan fingerprint density at radius 1 is 1.10 bits per heavy atom. The van der Waals surface area contributed by atoms with Crippen LogP contribution in [0.1, 0.15) is 6.42 Å². The van der Waals surface area contributed by atoms with Crippen molar-refractivity contribution < 1.29 is 14.1 Å². The number of methoxy groups -OCH3 is 1. The smallest absolute Gasteiger partial charge is 0.247 e. The fourth-order valence-corrected chi connectivity index (χ4v) is 5.29. The third-order valence-electron chi connectivity index (χ3n) is 6.00. The number of hydrogen-bond donors (Lipinski definition) is 3. The molecule has 214 valence electrons. The molecule has 1 heterocycles. The molecule has 0 aliphatic heterocycles. The number of rotatable bonds is 13. The zero-order valence-electron chi connectivity index (χ0n) is 23.8. The Labute approximate surface area is 241 Å². The largest absolute Gasteiger partial charge is 0.494 e. The summed E-state index contributed by atoms with van der Waals surface area (Å²) in [6, 6.07) is 10.9. The van der Waals surface area contributed by atoms with Gasteiger partial charge in [0.2, 0.25) is 11.9 Å². The van der Waals surface area contributed by atoms with Crippen molar-refractivity contribution in [3.8, 4) is 5.75 Å². The van der Waals surface area contributed by atoms with Crippen LogP contribution < -0.4 is 30.9 Å². The second-order valence-electron chi connectivity index (χ2n) is 9.85. The molecule has 0 saturated carbocycles. The number of anilines is 6. The molecule has 40 heavy (non-hydrogen) atoms.